The summed E-state index contributed by atoms with van der Waals surface area (Å²) in [5, 5.41) is 25.2. The third-order valence-electron chi connectivity index (χ3n) is 9.82. The van der Waals surface area contributed by atoms with E-state index < -0.39 is 23.8 Å². The van der Waals surface area contributed by atoms with E-state index in [4.69, 9.17) is 4.74 Å². The molecule has 0 aliphatic heterocycles. The molecular formula is C45H28N2O6S. The van der Waals surface area contributed by atoms with Gasteiger partial charge in [-0.2, -0.15) is 0 Å². The van der Waals surface area contributed by atoms with E-state index in [2.05, 4.69) is 22.8 Å². The van der Waals surface area contributed by atoms with Crippen molar-refractivity contribution < 1.29 is 29.0 Å². The van der Waals surface area contributed by atoms with E-state index in [1.54, 1.807) is 36.4 Å². The van der Waals surface area contributed by atoms with Crippen molar-refractivity contribution in [2.45, 2.75) is 0 Å². The first-order chi connectivity index (χ1) is 26.2. The number of thiophene rings is 1. The maximum atomic E-state index is 13.6. The zero-order valence-electron chi connectivity index (χ0n) is 28.6. The topological polar surface area (TPSA) is 122 Å². The molecule has 54 heavy (non-hydrogen) atoms. The zero-order chi connectivity index (χ0) is 37.1. The van der Waals surface area contributed by atoms with E-state index in [1.807, 2.05) is 78.9 Å². The fourth-order valence-corrected chi connectivity index (χ4v) is 8.23. The molecule has 0 fully saturated rings. The summed E-state index contributed by atoms with van der Waals surface area (Å²) in [6, 6.07) is 41.5. The summed E-state index contributed by atoms with van der Waals surface area (Å²) in [7, 11) is 1.26. The van der Waals surface area contributed by atoms with Crippen molar-refractivity contribution in [1.82, 2.24) is 0 Å². The molecule has 0 unspecified atom stereocenters. The summed E-state index contributed by atoms with van der Waals surface area (Å²) in [5.74, 6) is -2.75. The molecule has 9 aromatic rings. The number of hydrogen-bond donors (Lipinski definition) is 3. The van der Waals surface area contributed by atoms with E-state index in [0.29, 0.717) is 31.3 Å². The summed E-state index contributed by atoms with van der Waals surface area (Å²) in [6.45, 7) is 0. The highest BCUT2D eigenvalue weighted by Gasteiger charge is 2.22. The van der Waals surface area contributed by atoms with Gasteiger partial charge in [-0.3, -0.25) is 9.59 Å². The number of hydrogen-bond acceptors (Lipinski definition) is 6. The molecule has 9 rings (SSSR count). The zero-order valence-corrected chi connectivity index (χ0v) is 29.4. The molecule has 1 heterocycles. The Balaban J connectivity index is 1.07. The lowest BCUT2D eigenvalue weighted by molar-refractivity contribution is 0.0601. The van der Waals surface area contributed by atoms with Gasteiger partial charge in [-0.05, 0) is 116 Å². The summed E-state index contributed by atoms with van der Waals surface area (Å²) >= 11 is 1.34. The van der Waals surface area contributed by atoms with Crippen molar-refractivity contribution in [3.05, 3.63) is 156 Å². The van der Waals surface area contributed by atoms with Crippen LogP contribution in [0, 0.1) is 0 Å². The van der Waals surface area contributed by atoms with Gasteiger partial charge in [-0.1, -0.05) is 60.7 Å². The van der Waals surface area contributed by atoms with E-state index in [1.165, 1.54) is 24.5 Å². The minimum absolute atomic E-state index is 0.108. The molecule has 0 saturated carbocycles. The number of carboxylic acids is 1. The van der Waals surface area contributed by atoms with Gasteiger partial charge in [0.2, 0.25) is 0 Å². The molecule has 0 aliphatic carbocycles. The number of amides is 2. The first-order valence-electron chi connectivity index (χ1n) is 17.1. The lowest BCUT2D eigenvalue weighted by Gasteiger charge is -2.12. The Morgan fingerprint density at radius 3 is 1.35 bits per heavy atom. The number of nitrogens with one attached hydrogen (secondary N) is 2. The molecular weight excluding hydrogens is 697 g/mol. The van der Waals surface area contributed by atoms with Crippen LogP contribution in [-0.4, -0.2) is 36.0 Å². The predicted octanol–water partition coefficient (Wildman–Crippen LogP) is 10.7. The highest BCUT2D eigenvalue weighted by atomic mass is 32.1. The number of methoxy groups -OCH3 is 1. The number of carbonyl (C=O) groups excluding carboxylic acids is 3. The second-order valence-electron chi connectivity index (χ2n) is 13.1. The van der Waals surface area contributed by atoms with Gasteiger partial charge in [-0.25, -0.2) is 9.59 Å². The Morgan fingerprint density at radius 2 is 0.907 bits per heavy atom. The first-order valence-corrected chi connectivity index (χ1v) is 17.9. The van der Waals surface area contributed by atoms with Gasteiger partial charge in [0.25, 0.3) is 11.8 Å². The van der Waals surface area contributed by atoms with Crippen LogP contribution in [0.4, 0.5) is 11.4 Å². The van der Waals surface area contributed by atoms with Gasteiger partial charge in [0.15, 0.2) is 0 Å². The fourth-order valence-electron chi connectivity index (χ4n) is 7.08. The van der Waals surface area contributed by atoms with Crippen LogP contribution in [0.1, 0.15) is 41.4 Å². The van der Waals surface area contributed by atoms with Crippen LogP contribution in [0.5, 0.6) is 0 Å². The lowest BCUT2D eigenvalue weighted by atomic mass is 10.0. The van der Waals surface area contributed by atoms with Crippen LogP contribution in [0.15, 0.2) is 133 Å². The maximum absolute atomic E-state index is 13.6. The van der Waals surface area contributed by atoms with Gasteiger partial charge >= 0.3 is 11.9 Å². The molecule has 2 amide bonds. The predicted molar refractivity (Wildman–Crippen MR) is 216 cm³/mol. The normalized spacial score (nSPS) is 11.4. The van der Waals surface area contributed by atoms with Crippen LogP contribution < -0.4 is 10.6 Å². The van der Waals surface area contributed by atoms with Crippen molar-refractivity contribution in [3.8, 4) is 0 Å². The summed E-state index contributed by atoms with van der Waals surface area (Å²) in [5.41, 5.74) is 1.19. The largest absolute Gasteiger partial charge is 0.478 e. The van der Waals surface area contributed by atoms with Crippen molar-refractivity contribution in [1.29, 1.82) is 0 Å². The van der Waals surface area contributed by atoms with Gasteiger partial charge in [0.1, 0.15) is 0 Å². The van der Waals surface area contributed by atoms with E-state index in [0.717, 1.165) is 43.1 Å². The average molecular weight is 725 g/mol. The number of ether oxygens (including phenoxy) is 1. The molecule has 0 radical (unpaired) electrons. The second-order valence-corrected chi connectivity index (χ2v) is 14.2. The van der Waals surface area contributed by atoms with Crippen LogP contribution in [0.2, 0.25) is 0 Å². The maximum Gasteiger partial charge on any atom is 0.339 e. The minimum Gasteiger partial charge on any atom is -0.478 e. The number of carboxylic acid groups (broad SMARTS) is 1. The smallest absolute Gasteiger partial charge is 0.339 e. The summed E-state index contributed by atoms with van der Waals surface area (Å²) < 4.78 is 6.46. The minimum atomic E-state index is -1.23. The molecule has 0 aliphatic rings. The molecule has 8 aromatic carbocycles. The molecule has 3 N–H and O–H groups in total. The van der Waals surface area contributed by atoms with Crippen LogP contribution in [-0.2, 0) is 4.74 Å². The Hall–Kier alpha value is -7.10. The fraction of sp³-hybridized carbons (Fsp3) is 0.0222. The van der Waals surface area contributed by atoms with Crippen LogP contribution >= 0.6 is 11.3 Å². The van der Waals surface area contributed by atoms with Crippen LogP contribution in [0.3, 0.4) is 0 Å². The molecule has 1 aromatic heterocycles. The van der Waals surface area contributed by atoms with Crippen molar-refractivity contribution in [2.24, 2.45) is 0 Å². The molecule has 0 saturated heterocycles. The Bertz CT molecular complexity index is 3090. The van der Waals surface area contributed by atoms with Crippen LogP contribution in [0.25, 0.3) is 63.3 Å². The standard InChI is InChI=1S/C45H28N2O6S/c1-53-45(52)37-21-35-34-20-36(44(50)51)38(46-42(48)30-12-10-28-14-24-6-2-4-8-26(24)16-32(28)18-30)22-40(34)54-41(35)23-39(37)47-43(49)31-13-11-29-15-25-7-3-5-9-27(25)17-33(29)19-31/h2-23H,1H3,(H,46,48)(H,47,49)(H,50,51). The number of fused-ring (bicyclic) bond motifs is 7. The molecule has 260 valence electrons. The monoisotopic (exact) mass is 724 g/mol. The van der Waals surface area contributed by atoms with Gasteiger partial charge in [0, 0.05) is 31.3 Å². The Labute approximate surface area is 311 Å². The number of benzene rings is 8. The second kappa shape index (κ2) is 12.8. The summed E-state index contributed by atoms with van der Waals surface area (Å²) in [6.07, 6.45) is 0. The van der Waals surface area contributed by atoms with Crippen molar-refractivity contribution >= 4 is 110 Å². The number of anilines is 2. The number of carbonyl (C=O) groups is 4. The van der Waals surface area contributed by atoms with Gasteiger partial charge in [-0.15, -0.1) is 11.3 Å². The molecule has 0 bridgehead atoms. The average Bonchev–Trinajstić information content (AvgIpc) is 3.53. The van der Waals surface area contributed by atoms with Gasteiger partial charge < -0.3 is 20.5 Å². The Morgan fingerprint density at radius 1 is 0.500 bits per heavy atom. The van der Waals surface area contributed by atoms with E-state index in [9.17, 15) is 24.3 Å². The molecule has 0 atom stereocenters. The van der Waals surface area contributed by atoms with Crippen molar-refractivity contribution in [2.75, 3.05) is 17.7 Å². The Kier molecular flexibility index (Phi) is 7.79. The van der Waals surface area contributed by atoms with Crippen molar-refractivity contribution in [3.63, 3.8) is 0 Å². The lowest BCUT2D eigenvalue weighted by Crippen LogP contribution is -2.15. The molecule has 8 nitrogen and oxygen atoms in total. The SMILES string of the molecule is COC(=O)c1cc2c(cc1NC(=O)c1ccc3cc4ccccc4cc3c1)sc1cc(NC(=O)c3ccc4cc5ccccc5cc4c3)c(C(=O)O)cc12. The molecule has 0 spiro atoms. The highest BCUT2D eigenvalue weighted by molar-refractivity contribution is 7.25. The quantitative estimate of drug-likeness (QED) is 0.116. The van der Waals surface area contributed by atoms with E-state index >= 15 is 0 Å². The van der Waals surface area contributed by atoms with E-state index in [-0.39, 0.29) is 22.5 Å². The van der Waals surface area contributed by atoms with Gasteiger partial charge in [0.05, 0.1) is 29.6 Å². The number of rotatable bonds is 6. The third kappa shape index (κ3) is 5.73. The highest BCUT2D eigenvalue weighted by Crippen LogP contribution is 2.40. The molecule has 9 heteroatoms. The number of aromatic carboxylic acids is 1. The third-order valence-corrected chi connectivity index (χ3v) is 10.9. The number of esters is 1. The summed E-state index contributed by atoms with van der Waals surface area (Å²) in [4.78, 5) is 52.8. The first kappa shape index (κ1) is 32.8.